The molecular formula is C14H18N4O3. The molecule has 0 aliphatic heterocycles. The number of aryl methyl sites for hydroxylation is 1. The number of hydrogen-bond acceptors (Lipinski definition) is 6. The van der Waals surface area contributed by atoms with E-state index in [9.17, 15) is 10.1 Å². The van der Waals surface area contributed by atoms with E-state index in [4.69, 9.17) is 10.5 Å². The minimum atomic E-state index is -0.491. The van der Waals surface area contributed by atoms with Crippen LogP contribution < -0.4 is 5.73 Å². The summed E-state index contributed by atoms with van der Waals surface area (Å²) in [5, 5.41) is 11.3. The van der Waals surface area contributed by atoms with Crippen molar-refractivity contribution in [3.63, 3.8) is 0 Å². The van der Waals surface area contributed by atoms with Crippen molar-refractivity contribution in [2.24, 2.45) is 0 Å². The van der Waals surface area contributed by atoms with Crippen molar-refractivity contribution >= 4 is 22.4 Å². The normalized spacial score (nSPS) is 11.2. The van der Waals surface area contributed by atoms with Crippen molar-refractivity contribution in [2.45, 2.75) is 32.8 Å². The average Bonchev–Trinajstić information content (AvgIpc) is 2.43. The lowest BCUT2D eigenvalue weighted by molar-refractivity contribution is -0.384. The number of hydrogen-bond donors (Lipinski definition) is 1. The molecule has 0 fully saturated rings. The molecule has 0 aliphatic rings. The number of anilines is 1. The summed E-state index contributed by atoms with van der Waals surface area (Å²) >= 11 is 0. The quantitative estimate of drug-likeness (QED) is 0.498. The van der Waals surface area contributed by atoms with Gasteiger partial charge in [-0.05, 0) is 38.8 Å². The van der Waals surface area contributed by atoms with Crippen LogP contribution in [-0.2, 0) is 11.2 Å². The maximum atomic E-state index is 11.3. The topological polar surface area (TPSA) is 104 Å². The molecule has 0 aromatic carbocycles. The zero-order chi connectivity index (χ0) is 15.4. The lowest BCUT2D eigenvalue weighted by atomic mass is 10.1. The number of aromatic nitrogens is 2. The highest BCUT2D eigenvalue weighted by Crippen LogP contribution is 2.31. The number of fused-ring (bicyclic) bond motifs is 1. The first kappa shape index (κ1) is 15.1. The van der Waals surface area contributed by atoms with E-state index in [0.29, 0.717) is 36.2 Å². The Hall–Kier alpha value is -2.28. The second-order valence-corrected chi connectivity index (χ2v) is 4.97. The van der Waals surface area contributed by atoms with Crippen LogP contribution >= 0.6 is 0 Å². The summed E-state index contributed by atoms with van der Waals surface area (Å²) in [6.45, 7) is 4.42. The lowest BCUT2D eigenvalue weighted by Gasteiger charge is -2.09. The standard InChI is InChI=1S/C14H18N4O3/c1-9(2)21-8-4-6-11-14(18(19)20)12(15)13-10(17-11)5-3-7-16-13/h3,5,7,9H,4,6,8H2,1-2H3,(H2,15,17). The van der Waals surface area contributed by atoms with Crippen LogP contribution in [0, 0.1) is 10.1 Å². The minimum absolute atomic E-state index is 0.0744. The van der Waals surface area contributed by atoms with Gasteiger partial charge in [-0.2, -0.15) is 0 Å². The summed E-state index contributed by atoms with van der Waals surface area (Å²) in [5.41, 5.74) is 7.14. The molecule has 2 N–H and O–H groups in total. The van der Waals surface area contributed by atoms with Gasteiger partial charge in [0.2, 0.25) is 0 Å². The van der Waals surface area contributed by atoms with Gasteiger partial charge in [-0.3, -0.25) is 15.1 Å². The van der Waals surface area contributed by atoms with Gasteiger partial charge < -0.3 is 10.5 Å². The van der Waals surface area contributed by atoms with Crippen molar-refractivity contribution in [1.82, 2.24) is 9.97 Å². The van der Waals surface area contributed by atoms with Gasteiger partial charge in [-0.1, -0.05) is 0 Å². The largest absolute Gasteiger partial charge is 0.391 e. The number of rotatable bonds is 6. The Morgan fingerprint density at radius 2 is 2.24 bits per heavy atom. The van der Waals surface area contributed by atoms with Gasteiger partial charge in [-0.25, -0.2) is 4.98 Å². The molecule has 2 aromatic rings. The Bertz CT molecular complexity index is 658. The van der Waals surface area contributed by atoms with Gasteiger partial charge in [0.15, 0.2) is 0 Å². The molecule has 0 bridgehead atoms. The van der Waals surface area contributed by atoms with Crippen molar-refractivity contribution < 1.29 is 9.66 Å². The van der Waals surface area contributed by atoms with Crippen LogP contribution in [0.25, 0.3) is 11.0 Å². The van der Waals surface area contributed by atoms with Crippen LogP contribution in [-0.4, -0.2) is 27.6 Å². The van der Waals surface area contributed by atoms with Gasteiger partial charge in [0.1, 0.15) is 16.9 Å². The number of ether oxygens (including phenoxy) is 1. The number of nitrogen functional groups attached to an aromatic ring is 1. The van der Waals surface area contributed by atoms with Crippen LogP contribution in [0.1, 0.15) is 26.0 Å². The van der Waals surface area contributed by atoms with E-state index in [1.807, 2.05) is 13.8 Å². The van der Waals surface area contributed by atoms with E-state index in [0.717, 1.165) is 0 Å². The second kappa shape index (κ2) is 6.45. The van der Waals surface area contributed by atoms with Crippen LogP contribution in [0.15, 0.2) is 18.3 Å². The molecule has 2 aromatic heterocycles. The molecule has 0 spiro atoms. The molecule has 0 saturated carbocycles. The summed E-state index contributed by atoms with van der Waals surface area (Å²) in [4.78, 5) is 19.2. The Labute approximate surface area is 122 Å². The number of pyridine rings is 2. The van der Waals surface area contributed by atoms with Gasteiger partial charge >= 0.3 is 5.69 Å². The summed E-state index contributed by atoms with van der Waals surface area (Å²) < 4.78 is 5.44. The maximum Gasteiger partial charge on any atom is 0.315 e. The van der Waals surface area contributed by atoms with E-state index in [1.165, 1.54) is 0 Å². The monoisotopic (exact) mass is 290 g/mol. The van der Waals surface area contributed by atoms with Gasteiger partial charge in [0.25, 0.3) is 0 Å². The molecule has 0 atom stereocenters. The number of nitrogens with zero attached hydrogens (tertiary/aromatic N) is 3. The third-order valence-electron chi connectivity index (χ3n) is 3.02. The minimum Gasteiger partial charge on any atom is -0.391 e. The molecule has 0 saturated heterocycles. The third-order valence-corrected chi connectivity index (χ3v) is 3.02. The molecule has 2 rings (SSSR count). The fraction of sp³-hybridized carbons (Fsp3) is 0.429. The highest BCUT2D eigenvalue weighted by Gasteiger charge is 2.23. The predicted molar refractivity (Wildman–Crippen MR) is 80.0 cm³/mol. The van der Waals surface area contributed by atoms with E-state index < -0.39 is 4.92 Å². The van der Waals surface area contributed by atoms with E-state index in [1.54, 1.807) is 18.3 Å². The molecule has 0 amide bonds. The van der Waals surface area contributed by atoms with Crippen molar-refractivity contribution in [1.29, 1.82) is 0 Å². The van der Waals surface area contributed by atoms with Crippen LogP contribution in [0.5, 0.6) is 0 Å². The Balaban J connectivity index is 2.32. The van der Waals surface area contributed by atoms with E-state index >= 15 is 0 Å². The summed E-state index contributed by atoms with van der Waals surface area (Å²) in [6.07, 6.45) is 2.77. The third kappa shape index (κ3) is 3.43. The van der Waals surface area contributed by atoms with Crippen LogP contribution in [0.2, 0.25) is 0 Å². The van der Waals surface area contributed by atoms with Crippen LogP contribution in [0.4, 0.5) is 11.4 Å². The Kier molecular flexibility index (Phi) is 4.64. The van der Waals surface area contributed by atoms with Crippen LogP contribution in [0.3, 0.4) is 0 Å². The zero-order valence-electron chi connectivity index (χ0n) is 12.1. The molecule has 7 heteroatoms. The first-order valence-corrected chi connectivity index (χ1v) is 6.79. The van der Waals surface area contributed by atoms with Gasteiger partial charge in [0, 0.05) is 12.8 Å². The highest BCUT2D eigenvalue weighted by atomic mass is 16.6. The fourth-order valence-corrected chi connectivity index (χ4v) is 2.10. The highest BCUT2D eigenvalue weighted by molar-refractivity contribution is 5.91. The average molecular weight is 290 g/mol. The molecule has 0 unspecified atom stereocenters. The molecule has 0 radical (unpaired) electrons. The Morgan fingerprint density at radius 1 is 1.48 bits per heavy atom. The maximum absolute atomic E-state index is 11.3. The predicted octanol–water partition coefficient (Wildman–Crippen LogP) is 2.48. The smallest absolute Gasteiger partial charge is 0.315 e. The summed E-state index contributed by atoms with van der Waals surface area (Å²) in [5.74, 6) is 0. The number of nitrogens with two attached hydrogens (primary N) is 1. The summed E-state index contributed by atoms with van der Waals surface area (Å²) in [6, 6.07) is 3.47. The van der Waals surface area contributed by atoms with Crippen molar-refractivity contribution in [3.05, 3.63) is 34.1 Å². The second-order valence-electron chi connectivity index (χ2n) is 4.97. The molecule has 0 aliphatic carbocycles. The SMILES string of the molecule is CC(C)OCCCc1nc2cccnc2c(N)c1[N+](=O)[O-]. The zero-order valence-corrected chi connectivity index (χ0v) is 12.1. The molecule has 21 heavy (non-hydrogen) atoms. The number of nitro groups is 1. The fourth-order valence-electron chi connectivity index (χ4n) is 2.10. The molecular weight excluding hydrogens is 272 g/mol. The first-order chi connectivity index (χ1) is 10.0. The Morgan fingerprint density at radius 3 is 2.90 bits per heavy atom. The van der Waals surface area contributed by atoms with Gasteiger partial charge in [0.05, 0.1) is 16.5 Å². The first-order valence-electron chi connectivity index (χ1n) is 6.79. The van der Waals surface area contributed by atoms with E-state index in [-0.39, 0.29) is 17.5 Å². The molecule has 7 nitrogen and oxygen atoms in total. The summed E-state index contributed by atoms with van der Waals surface area (Å²) in [7, 11) is 0. The molecule has 112 valence electrons. The van der Waals surface area contributed by atoms with E-state index in [2.05, 4.69) is 9.97 Å². The van der Waals surface area contributed by atoms with Gasteiger partial charge in [-0.15, -0.1) is 0 Å². The molecule has 2 heterocycles. The lowest BCUT2D eigenvalue weighted by Crippen LogP contribution is -2.08. The van der Waals surface area contributed by atoms with Crippen molar-refractivity contribution in [3.8, 4) is 0 Å². The van der Waals surface area contributed by atoms with Crippen molar-refractivity contribution in [2.75, 3.05) is 12.3 Å².